The van der Waals surface area contributed by atoms with Gasteiger partial charge in [0.1, 0.15) is 13.2 Å². The summed E-state index contributed by atoms with van der Waals surface area (Å²) in [6.07, 6.45) is 1.69. The maximum Gasteiger partial charge on any atom is 0.241 e. The van der Waals surface area contributed by atoms with Crippen molar-refractivity contribution in [2.45, 2.75) is 6.92 Å². The molecule has 0 aromatic heterocycles. The van der Waals surface area contributed by atoms with E-state index in [4.69, 9.17) is 9.47 Å². The van der Waals surface area contributed by atoms with Gasteiger partial charge in [0.15, 0.2) is 11.5 Å². The Labute approximate surface area is 176 Å². The first-order valence-corrected chi connectivity index (χ1v) is 9.99. The van der Waals surface area contributed by atoms with Gasteiger partial charge in [-0.2, -0.15) is 0 Å². The van der Waals surface area contributed by atoms with E-state index >= 15 is 0 Å². The van der Waals surface area contributed by atoms with Crippen molar-refractivity contribution in [1.29, 1.82) is 0 Å². The van der Waals surface area contributed by atoms with Crippen molar-refractivity contribution in [2.24, 2.45) is 0 Å². The molecule has 1 N–H and O–H groups in total. The number of fused-ring (bicyclic) bond motifs is 1. The van der Waals surface area contributed by atoms with E-state index in [0.717, 1.165) is 5.69 Å². The Balaban J connectivity index is 1.59. The standard InChI is InChI=1S/C23H27N3O4/c1-3-12-26(19-8-6-5-7-9-19)23(28)17-25(4-2)16-22(27)24-18-10-11-20-21(15-18)30-14-13-29-20/h3,5-11,15H,1,4,12-14,16-17H2,2H3,(H,24,27). The van der Waals surface area contributed by atoms with Crippen molar-refractivity contribution < 1.29 is 19.1 Å². The van der Waals surface area contributed by atoms with Crippen LogP contribution in [0.2, 0.25) is 0 Å². The van der Waals surface area contributed by atoms with Gasteiger partial charge in [0.05, 0.1) is 13.1 Å². The summed E-state index contributed by atoms with van der Waals surface area (Å²) in [6, 6.07) is 14.7. The Morgan fingerprint density at radius 2 is 1.80 bits per heavy atom. The summed E-state index contributed by atoms with van der Waals surface area (Å²) in [6.45, 7) is 7.88. The van der Waals surface area contributed by atoms with Crippen LogP contribution in [0.15, 0.2) is 61.2 Å². The van der Waals surface area contributed by atoms with Crippen LogP contribution in [0.4, 0.5) is 11.4 Å². The molecule has 0 saturated heterocycles. The fourth-order valence-corrected chi connectivity index (χ4v) is 3.17. The van der Waals surface area contributed by atoms with E-state index in [1.807, 2.05) is 37.3 Å². The predicted molar refractivity (Wildman–Crippen MR) is 117 cm³/mol. The summed E-state index contributed by atoms with van der Waals surface area (Å²) >= 11 is 0. The van der Waals surface area contributed by atoms with Gasteiger partial charge in [-0.3, -0.25) is 14.5 Å². The molecule has 0 bridgehead atoms. The number of carbonyl (C=O) groups is 2. The summed E-state index contributed by atoms with van der Waals surface area (Å²) in [7, 11) is 0. The molecule has 1 heterocycles. The maximum atomic E-state index is 12.9. The molecular weight excluding hydrogens is 382 g/mol. The average Bonchev–Trinajstić information content (AvgIpc) is 2.77. The third-order valence-electron chi connectivity index (χ3n) is 4.68. The van der Waals surface area contributed by atoms with E-state index in [9.17, 15) is 9.59 Å². The van der Waals surface area contributed by atoms with Crippen LogP contribution in [0.1, 0.15) is 6.92 Å². The maximum absolute atomic E-state index is 12.9. The third kappa shape index (κ3) is 5.61. The first-order chi connectivity index (χ1) is 14.6. The van der Waals surface area contributed by atoms with Gasteiger partial charge in [-0.1, -0.05) is 31.2 Å². The first kappa shape index (κ1) is 21.4. The largest absolute Gasteiger partial charge is 0.486 e. The van der Waals surface area contributed by atoms with Crippen LogP contribution in [-0.4, -0.2) is 56.1 Å². The molecule has 1 aliphatic rings. The Morgan fingerprint density at radius 3 is 2.50 bits per heavy atom. The van der Waals surface area contributed by atoms with Crippen LogP contribution >= 0.6 is 0 Å². The van der Waals surface area contributed by atoms with Gasteiger partial charge in [-0.15, -0.1) is 6.58 Å². The van der Waals surface area contributed by atoms with Crippen LogP contribution in [0, 0.1) is 0 Å². The van der Waals surface area contributed by atoms with E-state index in [1.165, 1.54) is 0 Å². The molecular formula is C23H27N3O4. The summed E-state index contributed by atoms with van der Waals surface area (Å²) in [5.74, 6) is 0.999. The highest BCUT2D eigenvalue weighted by molar-refractivity contribution is 5.96. The van der Waals surface area contributed by atoms with Crippen molar-refractivity contribution in [1.82, 2.24) is 4.90 Å². The highest BCUT2D eigenvalue weighted by atomic mass is 16.6. The van der Waals surface area contributed by atoms with E-state index in [1.54, 1.807) is 34.1 Å². The highest BCUT2D eigenvalue weighted by Gasteiger charge is 2.19. The second kappa shape index (κ2) is 10.5. The summed E-state index contributed by atoms with van der Waals surface area (Å²) in [4.78, 5) is 28.9. The molecule has 0 fully saturated rings. The minimum Gasteiger partial charge on any atom is -0.486 e. The molecule has 0 spiro atoms. The second-order valence-corrected chi connectivity index (χ2v) is 6.84. The number of hydrogen-bond donors (Lipinski definition) is 1. The fourth-order valence-electron chi connectivity index (χ4n) is 3.17. The van der Waals surface area contributed by atoms with Crippen LogP contribution < -0.4 is 19.7 Å². The normalized spacial score (nSPS) is 12.3. The SMILES string of the molecule is C=CCN(C(=O)CN(CC)CC(=O)Nc1ccc2c(c1)OCCO2)c1ccccc1. The number of likely N-dealkylation sites (N-methyl/N-ethyl adjacent to an activating group) is 1. The topological polar surface area (TPSA) is 71.1 Å². The van der Waals surface area contributed by atoms with Gasteiger partial charge >= 0.3 is 0 Å². The van der Waals surface area contributed by atoms with E-state index < -0.39 is 0 Å². The summed E-state index contributed by atoms with van der Waals surface area (Å²) < 4.78 is 11.0. The van der Waals surface area contributed by atoms with E-state index in [2.05, 4.69) is 11.9 Å². The number of ether oxygens (including phenoxy) is 2. The number of nitrogens with one attached hydrogen (secondary N) is 1. The number of carbonyl (C=O) groups excluding carboxylic acids is 2. The quantitative estimate of drug-likeness (QED) is 0.645. The Bertz CT molecular complexity index is 885. The number of hydrogen-bond acceptors (Lipinski definition) is 5. The van der Waals surface area contributed by atoms with E-state index in [-0.39, 0.29) is 24.9 Å². The zero-order chi connectivity index (χ0) is 21.3. The molecule has 2 aromatic rings. The number of nitrogens with zero attached hydrogens (tertiary/aromatic N) is 2. The lowest BCUT2D eigenvalue weighted by Crippen LogP contribution is -2.43. The Kier molecular flexibility index (Phi) is 7.45. The number of para-hydroxylation sites is 1. The van der Waals surface area contributed by atoms with Gasteiger partial charge in [-0.25, -0.2) is 0 Å². The lowest BCUT2D eigenvalue weighted by atomic mass is 10.2. The molecule has 158 valence electrons. The minimum atomic E-state index is -0.198. The van der Waals surface area contributed by atoms with Crippen LogP contribution in [0.25, 0.3) is 0 Å². The minimum absolute atomic E-state index is 0.0879. The molecule has 1 aliphatic heterocycles. The van der Waals surface area contributed by atoms with Crippen molar-refractivity contribution in [3.63, 3.8) is 0 Å². The van der Waals surface area contributed by atoms with Crippen LogP contribution in [0.5, 0.6) is 11.5 Å². The fraction of sp³-hybridized carbons (Fsp3) is 0.304. The van der Waals surface area contributed by atoms with Crippen LogP contribution in [-0.2, 0) is 9.59 Å². The lowest BCUT2D eigenvalue weighted by Gasteiger charge is -2.26. The first-order valence-electron chi connectivity index (χ1n) is 9.99. The Morgan fingerprint density at radius 1 is 1.07 bits per heavy atom. The summed E-state index contributed by atoms with van der Waals surface area (Å²) in [5, 5.41) is 2.86. The molecule has 7 nitrogen and oxygen atoms in total. The van der Waals surface area contributed by atoms with Crippen LogP contribution in [0.3, 0.4) is 0 Å². The predicted octanol–water partition coefficient (Wildman–Crippen LogP) is 2.94. The van der Waals surface area contributed by atoms with Gasteiger partial charge in [0, 0.05) is 24.0 Å². The van der Waals surface area contributed by atoms with Crippen molar-refractivity contribution in [2.75, 3.05) is 49.6 Å². The molecule has 30 heavy (non-hydrogen) atoms. The average molecular weight is 409 g/mol. The highest BCUT2D eigenvalue weighted by Crippen LogP contribution is 2.32. The zero-order valence-corrected chi connectivity index (χ0v) is 17.2. The molecule has 0 saturated carbocycles. The van der Waals surface area contributed by atoms with E-state index in [0.29, 0.717) is 43.5 Å². The number of rotatable bonds is 9. The molecule has 3 rings (SSSR count). The van der Waals surface area contributed by atoms with Crippen molar-refractivity contribution >= 4 is 23.2 Å². The molecule has 2 amide bonds. The van der Waals surface area contributed by atoms with Gasteiger partial charge in [0.2, 0.25) is 11.8 Å². The van der Waals surface area contributed by atoms with Gasteiger partial charge < -0.3 is 19.7 Å². The molecule has 2 aromatic carbocycles. The summed E-state index contributed by atoms with van der Waals surface area (Å²) in [5.41, 5.74) is 1.43. The molecule has 0 unspecified atom stereocenters. The Hall–Kier alpha value is -3.32. The third-order valence-corrected chi connectivity index (χ3v) is 4.68. The van der Waals surface area contributed by atoms with Crippen molar-refractivity contribution in [3.8, 4) is 11.5 Å². The molecule has 0 aliphatic carbocycles. The monoisotopic (exact) mass is 409 g/mol. The van der Waals surface area contributed by atoms with Gasteiger partial charge in [-0.05, 0) is 30.8 Å². The lowest BCUT2D eigenvalue weighted by molar-refractivity contribution is -0.121. The van der Waals surface area contributed by atoms with Gasteiger partial charge in [0.25, 0.3) is 0 Å². The molecule has 7 heteroatoms. The number of benzene rings is 2. The second-order valence-electron chi connectivity index (χ2n) is 6.84. The smallest absolute Gasteiger partial charge is 0.241 e. The number of anilines is 2. The molecule has 0 radical (unpaired) electrons. The zero-order valence-electron chi connectivity index (χ0n) is 17.2. The molecule has 0 atom stereocenters. The van der Waals surface area contributed by atoms with Crippen molar-refractivity contribution in [3.05, 3.63) is 61.2 Å². The number of amides is 2.